The van der Waals surface area contributed by atoms with Gasteiger partial charge in [0.05, 0.1) is 13.2 Å². The number of amides is 1. The summed E-state index contributed by atoms with van der Waals surface area (Å²) in [7, 11) is 0. The van der Waals surface area contributed by atoms with Gasteiger partial charge in [0.15, 0.2) is 11.5 Å². The molecule has 0 spiro atoms. The molecule has 3 rings (SSSR count). The third kappa shape index (κ3) is 3.05. The maximum atomic E-state index is 12.1. The Labute approximate surface area is 121 Å². The third-order valence-corrected chi connectivity index (χ3v) is 4.26. The van der Waals surface area contributed by atoms with Gasteiger partial charge in [0.1, 0.15) is 18.1 Å². The highest BCUT2D eigenvalue weighted by atomic mass is 32.1. The van der Waals surface area contributed by atoms with Crippen molar-refractivity contribution >= 4 is 17.2 Å². The second-order valence-corrected chi connectivity index (χ2v) is 5.54. The van der Waals surface area contributed by atoms with Gasteiger partial charge < -0.3 is 19.5 Å². The zero-order chi connectivity index (χ0) is 13.8. The fourth-order valence-electron chi connectivity index (χ4n) is 2.25. The predicted molar refractivity (Wildman–Crippen MR) is 74.9 cm³/mol. The van der Waals surface area contributed by atoms with Crippen molar-refractivity contribution in [2.45, 2.75) is 0 Å². The molecule has 2 aliphatic rings. The van der Waals surface area contributed by atoms with Crippen molar-refractivity contribution in [1.29, 1.82) is 0 Å². The highest BCUT2D eigenvalue weighted by Crippen LogP contribution is 2.39. The second-order valence-electron chi connectivity index (χ2n) is 4.67. The molecule has 20 heavy (non-hydrogen) atoms. The molecule has 0 aliphatic carbocycles. The molecule has 1 saturated heterocycles. The minimum absolute atomic E-state index is 0.0880. The van der Waals surface area contributed by atoms with Crippen LogP contribution in [0.5, 0.6) is 11.5 Å². The van der Waals surface area contributed by atoms with Crippen LogP contribution in [0.1, 0.15) is 9.67 Å². The number of rotatable bonds is 4. The minimum Gasteiger partial charge on any atom is -0.485 e. The number of ether oxygens (including phenoxy) is 3. The van der Waals surface area contributed by atoms with E-state index in [-0.39, 0.29) is 5.91 Å². The van der Waals surface area contributed by atoms with Crippen LogP contribution in [0.15, 0.2) is 5.38 Å². The van der Waals surface area contributed by atoms with Crippen LogP contribution in [-0.4, -0.2) is 63.4 Å². The zero-order valence-corrected chi connectivity index (χ0v) is 12.0. The Morgan fingerprint density at radius 2 is 2.05 bits per heavy atom. The van der Waals surface area contributed by atoms with Gasteiger partial charge in [0.2, 0.25) is 0 Å². The summed E-state index contributed by atoms with van der Waals surface area (Å²) in [4.78, 5) is 15.0. The van der Waals surface area contributed by atoms with Crippen molar-refractivity contribution in [3.05, 3.63) is 10.3 Å². The summed E-state index contributed by atoms with van der Waals surface area (Å²) >= 11 is 1.36. The Kier molecular flexibility index (Phi) is 4.39. The largest absolute Gasteiger partial charge is 0.485 e. The summed E-state index contributed by atoms with van der Waals surface area (Å²) in [6, 6.07) is 0. The number of hydrogen-bond donors (Lipinski definition) is 1. The Hall–Kier alpha value is -1.31. The van der Waals surface area contributed by atoms with Crippen LogP contribution in [0, 0.1) is 0 Å². The first-order valence-corrected chi connectivity index (χ1v) is 7.68. The van der Waals surface area contributed by atoms with Crippen LogP contribution >= 0.6 is 11.3 Å². The van der Waals surface area contributed by atoms with Gasteiger partial charge in [-0.25, -0.2) is 0 Å². The van der Waals surface area contributed by atoms with E-state index < -0.39 is 0 Å². The Bertz CT molecular complexity index is 471. The molecule has 0 bridgehead atoms. The van der Waals surface area contributed by atoms with E-state index in [4.69, 9.17) is 14.2 Å². The quantitative estimate of drug-likeness (QED) is 0.881. The molecule has 0 radical (unpaired) electrons. The highest BCUT2D eigenvalue weighted by molar-refractivity contribution is 7.12. The van der Waals surface area contributed by atoms with E-state index in [9.17, 15) is 4.79 Å². The molecular weight excluding hydrogens is 280 g/mol. The van der Waals surface area contributed by atoms with Crippen molar-refractivity contribution < 1.29 is 19.0 Å². The van der Waals surface area contributed by atoms with Crippen molar-refractivity contribution in [2.24, 2.45) is 0 Å². The van der Waals surface area contributed by atoms with Gasteiger partial charge >= 0.3 is 0 Å². The van der Waals surface area contributed by atoms with Crippen LogP contribution < -0.4 is 14.8 Å². The summed E-state index contributed by atoms with van der Waals surface area (Å²) in [6.45, 7) is 5.93. The molecule has 7 heteroatoms. The Balaban J connectivity index is 1.50. The molecule has 0 unspecified atom stereocenters. The lowest BCUT2D eigenvalue weighted by Gasteiger charge is -2.26. The van der Waals surface area contributed by atoms with E-state index in [1.54, 1.807) is 0 Å². The SMILES string of the molecule is O=C(NCCN1CCOCC1)c1scc2c1OCCO2. The number of hydrogen-bond acceptors (Lipinski definition) is 6. The molecule has 0 atom stereocenters. The molecule has 0 aromatic carbocycles. The summed E-state index contributed by atoms with van der Waals surface area (Å²) in [5.74, 6) is 1.18. The van der Waals surface area contributed by atoms with E-state index in [1.165, 1.54) is 11.3 Å². The van der Waals surface area contributed by atoms with Gasteiger partial charge in [-0.1, -0.05) is 0 Å². The van der Waals surface area contributed by atoms with Crippen molar-refractivity contribution in [3.63, 3.8) is 0 Å². The highest BCUT2D eigenvalue weighted by Gasteiger charge is 2.23. The number of nitrogens with one attached hydrogen (secondary N) is 1. The lowest BCUT2D eigenvalue weighted by atomic mass is 10.3. The number of carbonyl (C=O) groups excluding carboxylic acids is 1. The predicted octanol–water partition coefficient (Wildman–Crippen LogP) is 0.581. The van der Waals surface area contributed by atoms with E-state index in [0.29, 0.717) is 36.1 Å². The Morgan fingerprint density at radius 1 is 1.25 bits per heavy atom. The van der Waals surface area contributed by atoms with Gasteiger partial charge in [-0.05, 0) is 0 Å². The van der Waals surface area contributed by atoms with Crippen LogP contribution in [0.2, 0.25) is 0 Å². The number of carbonyl (C=O) groups is 1. The maximum absolute atomic E-state index is 12.1. The molecule has 1 aromatic heterocycles. The summed E-state index contributed by atoms with van der Waals surface area (Å²) in [6.07, 6.45) is 0. The number of thiophene rings is 1. The fourth-order valence-corrected chi connectivity index (χ4v) is 3.10. The minimum atomic E-state index is -0.0880. The summed E-state index contributed by atoms with van der Waals surface area (Å²) in [5.41, 5.74) is 0. The number of fused-ring (bicyclic) bond motifs is 1. The van der Waals surface area contributed by atoms with Crippen LogP contribution in [0.4, 0.5) is 0 Å². The number of nitrogens with zero attached hydrogens (tertiary/aromatic N) is 1. The van der Waals surface area contributed by atoms with Crippen LogP contribution in [-0.2, 0) is 4.74 Å². The molecule has 1 aromatic rings. The molecule has 1 N–H and O–H groups in total. The van der Waals surface area contributed by atoms with Crippen molar-refractivity contribution in [3.8, 4) is 11.5 Å². The van der Waals surface area contributed by atoms with Gasteiger partial charge in [-0.2, -0.15) is 0 Å². The standard InChI is InChI=1S/C13H18N2O4S/c16-13(14-1-2-15-3-5-17-6-4-15)12-11-10(9-20-12)18-7-8-19-11/h9H,1-8H2,(H,14,16). The van der Waals surface area contributed by atoms with Gasteiger partial charge in [-0.3, -0.25) is 9.69 Å². The van der Waals surface area contributed by atoms with Gasteiger partial charge in [0, 0.05) is 31.6 Å². The molecule has 110 valence electrons. The monoisotopic (exact) mass is 298 g/mol. The molecule has 6 nitrogen and oxygen atoms in total. The van der Waals surface area contributed by atoms with E-state index >= 15 is 0 Å². The van der Waals surface area contributed by atoms with Gasteiger partial charge in [-0.15, -0.1) is 11.3 Å². The van der Waals surface area contributed by atoms with Crippen molar-refractivity contribution in [1.82, 2.24) is 10.2 Å². The van der Waals surface area contributed by atoms with E-state index in [0.717, 1.165) is 32.8 Å². The normalized spacial score (nSPS) is 18.8. The number of morpholine rings is 1. The van der Waals surface area contributed by atoms with Gasteiger partial charge in [0.25, 0.3) is 5.91 Å². The zero-order valence-electron chi connectivity index (χ0n) is 11.2. The first-order valence-electron chi connectivity index (χ1n) is 6.80. The topological polar surface area (TPSA) is 60.0 Å². The molecule has 1 amide bonds. The third-order valence-electron chi connectivity index (χ3n) is 3.32. The summed E-state index contributed by atoms with van der Waals surface area (Å²) < 4.78 is 16.2. The van der Waals surface area contributed by atoms with Crippen molar-refractivity contribution in [2.75, 3.05) is 52.6 Å². The average Bonchev–Trinajstić information content (AvgIpc) is 2.92. The lowest BCUT2D eigenvalue weighted by molar-refractivity contribution is 0.0383. The maximum Gasteiger partial charge on any atom is 0.265 e. The second kappa shape index (κ2) is 6.43. The molecule has 2 aliphatic heterocycles. The Morgan fingerprint density at radius 3 is 2.90 bits per heavy atom. The first kappa shape index (κ1) is 13.7. The first-order chi connectivity index (χ1) is 9.84. The fraction of sp³-hybridized carbons (Fsp3) is 0.615. The average molecular weight is 298 g/mol. The van der Waals surface area contributed by atoms with Crippen LogP contribution in [0.3, 0.4) is 0 Å². The smallest absolute Gasteiger partial charge is 0.265 e. The molecule has 1 fully saturated rings. The van der Waals surface area contributed by atoms with E-state index in [2.05, 4.69) is 10.2 Å². The molecule has 0 saturated carbocycles. The summed E-state index contributed by atoms with van der Waals surface area (Å²) in [5, 5.41) is 4.76. The molecule has 3 heterocycles. The molecular formula is C13H18N2O4S. The van der Waals surface area contributed by atoms with E-state index in [1.807, 2.05) is 5.38 Å². The lowest BCUT2D eigenvalue weighted by Crippen LogP contribution is -2.41. The van der Waals surface area contributed by atoms with Crippen LogP contribution in [0.25, 0.3) is 0 Å².